The Kier molecular flexibility index (Phi) is 7.25. The number of nitrogens with one attached hydrogen (secondary N) is 2. The van der Waals surface area contributed by atoms with Gasteiger partial charge in [-0.05, 0) is 49.2 Å². The van der Waals surface area contributed by atoms with Gasteiger partial charge in [-0.25, -0.2) is 0 Å². The quantitative estimate of drug-likeness (QED) is 0.754. The first kappa shape index (κ1) is 20.9. The number of amides is 2. The summed E-state index contributed by atoms with van der Waals surface area (Å²) in [6.45, 7) is 9.32. The number of anilines is 1. The van der Waals surface area contributed by atoms with Crippen LogP contribution in [0.4, 0.5) is 5.69 Å². The monoisotopic (exact) mass is 394 g/mol. The van der Waals surface area contributed by atoms with Crippen LogP contribution in [0.15, 0.2) is 48.5 Å². The number of aryl methyl sites for hydroxylation is 2. The highest BCUT2D eigenvalue weighted by atomic mass is 16.2. The molecular formula is C23H30N4O2. The molecule has 0 unspecified atom stereocenters. The molecule has 0 bridgehead atoms. The average molecular weight is 395 g/mol. The van der Waals surface area contributed by atoms with Gasteiger partial charge in [0.1, 0.15) is 0 Å². The molecule has 1 aliphatic rings. The van der Waals surface area contributed by atoms with Crippen LogP contribution in [0.2, 0.25) is 0 Å². The van der Waals surface area contributed by atoms with Crippen LogP contribution < -0.4 is 15.5 Å². The van der Waals surface area contributed by atoms with E-state index in [0.29, 0.717) is 12.1 Å². The summed E-state index contributed by atoms with van der Waals surface area (Å²) in [4.78, 5) is 28.9. The van der Waals surface area contributed by atoms with Gasteiger partial charge in [0.05, 0.1) is 6.54 Å². The van der Waals surface area contributed by atoms with E-state index in [1.54, 1.807) is 6.07 Å². The predicted molar refractivity (Wildman–Crippen MR) is 116 cm³/mol. The van der Waals surface area contributed by atoms with Crippen LogP contribution in [0.5, 0.6) is 0 Å². The van der Waals surface area contributed by atoms with Crippen molar-refractivity contribution in [2.45, 2.75) is 13.8 Å². The third-order valence-corrected chi connectivity index (χ3v) is 5.42. The Labute approximate surface area is 172 Å². The zero-order valence-electron chi connectivity index (χ0n) is 17.3. The molecule has 0 aromatic heterocycles. The van der Waals surface area contributed by atoms with Crippen LogP contribution >= 0.6 is 0 Å². The second-order valence-corrected chi connectivity index (χ2v) is 7.50. The van der Waals surface area contributed by atoms with E-state index in [9.17, 15) is 9.59 Å². The van der Waals surface area contributed by atoms with Crippen molar-refractivity contribution in [1.82, 2.24) is 15.5 Å². The third kappa shape index (κ3) is 6.06. The lowest BCUT2D eigenvalue weighted by Crippen LogP contribution is -2.49. The van der Waals surface area contributed by atoms with E-state index in [1.165, 1.54) is 5.69 Å². The van der Waals surface area contributed by atoms with Crippen LogP contribution in [0, 0.1) is 13.8 Å². The molecule has 1 aliphatic heterocycles. The SMILES string of the molecule is Cc1ccc(C(=O)NCC(=O)NCCN2CCN(c3ccccc3)CC2)cc1C. The molecule has 2 amide bonds. The number of para-hydroxylation sites is 1. The van der Waals surface area contributed by atoms with Gasteiger partial charge < -0.3 is 15.5 Å². The maximum absolute atomic E-state index is 12.2. The lowest BCUT2D eigenvalue weighted by Gasteiger charge is -2.36. The number of nitrogens with zero attached hydrogens (tertiary/aromatic N) is 2. The molecule has 6 nitrogen and oxygen atoms in total. The van der Waals surface area contributed by atoms with E-state index in [1.807, 2.05) is 32.0 Å². The number of piperazine rings is 1. The Morgan fingerprint density at radius 2 is 1.62 bits per heavy atom. The Bertz CT molecular complexity index is 830. The molecule has 2 aromatic carbocycles. The van der Waals surface area contributed by atoms with E-state index in [-0.39, 0.29) is 18.4 Å². The Hall–Kier alpha value is -2.86. The summed E-state index contributed by atoms with van der Waals surface area (Å²) in [6.07, 6.45) is 0. The molecule has 0 radical (unpaired) electrons. The van der Waals surface area contributed by atoms with Crippen molar-refractivity contribution < 1.29 is 9.59 Å². The topological polar surface area (TPSA) is 64.7 Å². The molecule has 154 valence electrons. The van der Waals surface area contributed by atoms with Gasteiger partial charge in [-0.1, -0.05) is 24.3 Å². The van der Waals surface area contributed by atoms with E-state index in [2.05, 4.69) is 44.7 Å². The number of carbonyl (C=O) groups is 2. The van der Waals surface area contributed by atoms with Gasteiger partial charge in [0.2, 0.25) is 5.91 Å². The minimum absolute atomic E-state index is 0.00641. The van der Waals surface area contributed by atoms with Crippen LogP contribution in [0.25, 0.3) is 0 Å². The molecule has 29 heavy (non-hydrogen) atoms. The molecule has 2 aromatic rings. The Balaban J connectivity index is 1.32. The molecule has 2 N–H and O–H groups in total. The number of rotatable bonds is 7. The van der Waals surface area contributed by atoms with Crippen molar-refractivity contribution in [2.75, 3.05) is 50.7 Å². The number of benzene rings is 2. The van der Waals surface area contributed by atoms with Crippen LogP contribution in [-0.2, 0) is 4.79 Å². The molecule has 0 atom stereocenters. The highest BCUT2D eigenvalue weighted by molar-refractivity contribution is 5.96. The molecule has 0 aliphatic carbocycles. The van der Waals surface area contributed by atoms with E-state index < -0.39 is 0 Å². The van der Waals surface area contributed by atoms with Crippen LogP contribution in [0.3, 0.4) is 0 Å². The van der Waals surface area contributed by atoms with Gasteiger partial charge in [0, 0.05) is 50.5 Å². The smallest absolute Gasteiger partial charge is 0.251 e. The molecule has 0 saturated carbocycles. The minimum Gasteiger partial charge on any atom is -0.369 e. The normalized spacial score (nSPS) is 14.5. The number of hydrogen-bond acceptors (Lipinski definition) is 4. The first-order chi connectivity index (χ1) is 14.0. The molecule has 1 heterocycles. The fraction of sp³-hybridized carbons (Fsp3) is 0.391. The van der Waals surface area contributed by atoms with Gasteiger partial charge in [-0.15, -0.1) is 0 Å². The first-order valence-electron chi connectivity index (χ1n) is 10.2. The van der Waals surface area contributed by atoms with E-state index >= 15 is 0 Å². The lowest BCUT2D eigenvalue weighted by atomic mass is 10.1. The van der Waals surface area contributed by atoms with Crippen molar-refractivity contribution in [1.29, 1.82) is 0 Å². The Morgan fingerprint density at radius 1 is 0.897 bits per heavy atom. The molecular weight excluding hydrogens is 364 g/mol. The summed E-state index contributed by atoms with van der Waals surface area (Å²) in [5.74, 6) is -0.384. The van der Waals surface area contributed by atoms with Crippen molar-refractivity contribution in [3.8, 4) is 0 Å². The van der Waals surface area contributed by atoms with E-state index in [0.717, 1.165) is 43.9 Å². The van der Waals surface area contributed by atoms with Crippen LogP contribution in [0.1, 0.15) is 21.5 Å². The first-order valence-corrected chi connectivity index (χ1v) is 10.2. The van der Waals surface area contributed by atoms with Crippen molar-refractivity contribution >= 4 is 17.5 Å². The highest BCUT2D eigenvalue weighted by Gasteiger charge is 2.17. The summed E-state index contributed by atoms with van der Waals surface area (Å²) in [5, 5.41) is 5.58. The van der Waals surface area contributed by atoms with Crippen LogP contribution in [-0.4, -0.2) is 62.5 Å². The average Bonchev–Trinajstić information content (AvgIpc) is 2.75. The lowest BCUT2D eigenvalue weighted by molar-refractivity contribution is -0.120. The number of hydrogen-bond donors (Lipinski definition) is 2. The Morgan fingerprint density at radius 3 is 2.31 bits per heavy atom. The van der Waals surface area contributed by atoms with Gasteiger partial charge in [-0.2, -0.15) is 0 Å². The zero-order chi connectivity index (χ0) is 20.6. The summed E-state index contributed by atoms with van der Waals surface area (Å²) < 4.78 is 0. The standard InChI is InChI=1S/C23H30N4O2/c1-18-8-9-20(16-19(18)2)23(29)25-17-22(28)24-10-11-26-12-14-27(15-13-26)21-6-4-3-5-7-21/h3-9,16H,10-15,17H2,1-2H3,(H,24,28)(H,25,29). The zero-order valence-corrected chi connectivity index (χ0v) is 17.3. The fourth-order valence-electron chi connectivity index (χ4n) is 3.43. The van der Waals surface area contributed by atoms with Gasteiger partial charge in [0.25, 0.3) is 5.91 Å². The maximum atomic E-state index is 12.2. The third-order valence-electron chi connectivity index (χ3n) is 5.42. The van der Waals surface area contributed by atoms with Gasteiger partial charge in [0.15, 0.2) is 0 Å². The summed E-state index contributed by atoms with van der Waals surface area (Å²) in [7, 11) is 0. The van der Waals surface area contributed by atoms with Gasteiger partial charge >= 0.3 is 0 Å². The largest absolute Gasteiger partial charge is 0.369 e. The van der Waals surface area contributed by atoms with Crippen molar-refractivity contribution in [3.05, 3.63) is 65.2 Å². The summed E-state index contributed by atoms with van der Waals surface area (Å²) in [6, 6.07) is 16.0. The summed E-state index contributed by atoms with van der Waals surface area (Å²) >= 11 is 0. The van der Waals surface area contributed by atoms with Crippen molar-refractivity contribution in [3.63, 3.8) is 0 Å². The van der Waals surface area contributed by atoms with E-state index in [4.69, 9.17) is 0 Å². The fourth-order valence-corrected chi connectivity index (χ4v) is 3.43. The van der Waals surface area contributed by atoms with Crippen molar-refractivity contribution in [2.24, 2.45) is 0 Å². The second-order valence-electron chi connectivity index (χ2n) is 7.50. The predicted octanol–water partition coefficient (Wildman–Crippen LogP) is 1.97. The molecule has 1 saturated heterocycles. The van der Waals surface area contributed by atoms with Gasteiger partial charge in [-0.3, -0.25) is 14.5 Å². The minimum atomic E-state index is -0.222. The molecule has 0 spiro atoms. The highest BCUT2D eigenvalue weighted by Crippen LogP contribution is 2.15. The number of carbonyl (C=O) groups excluding carboxylic acids is 2. The molecule has 6 heteroatoms. The summed E-state index contributed by atoms with van der Waals surface area (Å²) in [5.41, 5.74) is 4.05. The second kappa shape index (κ2) is 10.1. The molecule has 3 rings (SSSR count). The molecule has 1 fully saturated rings. The maximum Gasteiger partial charge on any atom is 0.251 e.